The van der Waals surface area contributed by atoms with Gasteiger partial charge in [0.2, 0.25) is 0 Å². The van der Waals surface area contributed by atoms with Crippen LogP contribution in [0.2, 0.25) is 0 Å². The second kappa shape index (κ2) is 8.50. The quantitative estimate of drug-likeness (QED) is 0.471. The van der Waals surface area contributed by atoms with Crippen molar-refractivity contribution in [1.29, 1.82) is 0 Å². The maximum atomic E-state index is 12.2. The van der Waals surface area contributed by atoms with Gasteiger partial charge in [-0.2, -0.15) is 0 Å². The van der Waals surface area contributed by atoms with Crippen molar-refractivity contribution in [2.45, 2.75) is 53.4 Å². The van der Waals surface area contributed by atoms with Crippen LogP contribution in [0.3, 0.4) is 0 Å². The molecule has 1 aliphatic carbocycles. The Morgan fingerprint density at radius 3 is 2.41 bits per heavy atom. The molecule has 1 aromatic rings. The molecule has 1 aliphatic rings. The Morgan fingerprint density at radius 2 is 1.85 bits per heavy atom. The van der Waals surface area contributed by atoms with E-state index >= 15 is 0 Å². The number of amides is 1. The van der Waals surface area contributed by atoms with Crippen molar-refractivity contribution in [1.82, 2.24) is 0 Å². The summed E-state index contributed by atoms with van der Waals surface area (Å²) in [7, 11) is 0. The third-order valence-electron chi connectivity index (χ3n) is 5.41. The summed E-state index contributed by atoms with van der Waals surface area (Å²) in [6, 6.07) is 4.45. The Bertz CT molecular complexity index is 716. The number of nitro benzene ring substituents is 1. The second-order valence-corrected chi connectivity index (χ2v) is 8.28. The number of benzene rings is 1. The summed E-state index contributed by atoms with van der Waals surface area (Å²) in [6.45, 7) is 7.83. The van der Waals surface area contributed by atoms with Gasteiger partial charge in [0.25, 0.3) is 11.6 Å². The molecule has 2 rings (SSSR count). The van der Waals surface area contributed by atoms with E-state index in [4.69, 9.17) is 4.74 Å². The van der Waals surface area contributed by atoms with Crippen molar-refractivity contribution in [2.75, 3.05) is 11.9 Å². The molecular formula is C20H28N2O5. The van der Waals surface area contributed by atoms with E-state index in [9.17, 15) is 19.7 Å². The van der Waals surface area contributed by atoms with Crippen LogP contribution in [0.1, 0.15) is 52.0 Å². The average molecular weight is 376 g/mol. The van der Waals surface area contributed by atoms with Gasteiger partial charge < -0.3 is 10.1 Å². The fraction of sp³-hybridized carbons (Fsp3) is 0.600. The number of hydrogen-bond donors (Lipinski definition) is 1. The number of esters is 1. The van der Waals surface area contributed by atoms with Gasteiger partial charge in [0, 0.05) is 6.07 Å². The number of nitrogens with one attached hydrogen (secondary N) is 1. The molecule has 148 valence electrons. The number of carbonyl (C=O) groups is 2. The molecule has 0 saturated heterocycles. The molecule has 7 heteroatoms. The lowest BCUT2D eigenvalue weighted by molar-refractivity contribution is -0.385. The van der Waals surface area contributed by atoms with Crippen LogP contribution >= 0.6 is 0 Å². The van der Waals surface area contributed by atoms with Gasteiger partial charge in [-0.1, -0.05) is 26.8 Å². The Kier molecular flexibility index (Phi) is 6.57. The summed E-state index contributed by atoms with van der Waals surface area (Å²) in [5.41, 5.74) is 0.879. The molecule has 1 aromatic carbocycles. The van der Waals surface area contributed by atoms with Crippen molar-refractivity contribution >= 4 is 23.3 Å². The van der Waals surface area contributed by atoms with Crippen molar-refractivity contribution in [2.24, 2.45) is 17.3 Å². The number of carbonyl (C=O) groups excluding carboxylic acids is 2. The highest BCUT2D eigenvalue weighted by Crippen LogP contribution is 2.40. The maximum absolute atomic E-state index is 12.2. The highest BCUT2D eigenvalue weighted by atomic mass is 16.6. The molecule has 0 radical (unpaired) electrons. The monoisotopic (exact) mass is 376 g/mol. The van der Waals surface area contributed by atoms with Gasteiger partial charge in [0.1, 0.15) is 0 Å². The molecular weight excluding hydrogens is 348 g/mol. The number of ether oxygens (including phenoxy) is 1. The zero-order chi connectivity index (χ0) is 20.2. The lowest BCUT2D eigenvalue weighted by Gasteiger charge is -2.36. The molecule has 7 nitrogen and oxygen atoms in total. The standard InChI is InChI=1S/C20H28N2O5/c1-13-16(6-5-7-17(13)22(25)26)21-18(23)12-27-19(24)14-8-10-15(11-9-14)20(2,3)4/h5-7,14-15H,8-12H2,1-4H3,(H,21,23). The summed E-state index contributed by atoms with van der Waals surface area (Å²) in [6.07, 6.45) is 3.55. The second-order valence-electron chi connectivity index (χ2n) is 8.28. The van der Waals surface area contributed by atoms with Crippen LogP contribution < -0.4 is 5.32 Å². The topological polar surface area (TPSA) is 98.5 Å². The molecule has 1 amide bonds. The lowest BCUT2D eigenvalue weighted by Crippen LogP contribution is -2.31. The third kappa shape index (κ3) is 5.52. The fourth-order valence-corrected chi connectivity index (χ4v) is 3.59. The van der Waals surface area contributed by atoms with Crippen LogP contribution in [0.5, 0.6) is 0 Å². The summed E-state index contributed by atoms with van der Waals surface area (Å²) in [4.78, 5) is 34.7. The molecule has 0 aliphatic heterocycles. The molecule has 1 N–H and O–H groups in total. The van der Waals surface area contributed by atoms with Gasteiger partial charge in [-0.25, -0.2) is 0 Å². The summed E-state index contributed by atoms with van der Waals surface area (Å²) < 4.78 is 5.17. The predicted octanol–water partition coefficient (Wildman–Crippen LogP) is 4.24. The van der Waals surface area contributed by atoms with Crippen LogP contribution in [-0.2, 0) is 14.3 Å². The minimum atomic E-state index is -0.504. The molecule has 0 atom stereocenters. The van der Waals surface area contributed by atoms with Gasteiger partial charge in [0.15, 0.2) is 6.61 Å². The Labute approximate surface area is 159 Å². The van der Waals surface area contributed by atoms with Gasteiger partial charge in [-0.3, -0.25) is 19.7 Å². The van der Waals surface area contributed by atoms with Gasteiger partial charge in [-0.15, -0.1) is 0 Å². The highest BCUT2D eigenvalue weighted by molar-refractivity contribution is 5.94. The third-order valence-corrected chi connectivity index (χ3v) is 5.41. The van der Waals surface area contributed by atoms with Crippen LogP contribution in [0.25, 0.3) is 0 Å². The van der Waals surface area contributed by atoms with E-state index in [0.29, 0.717) is 17.2 Å². The van der Waals surface area contributed by atoms with Crippen molar-refractivity contribution < 1.29 is 19.2 Å². The van der Waals surface area contributed by atoms with Crippen molar-refractivity contribution in [3.8, 4) is 0 Å². The van der Waals surface area contributed by atoms with Crippen LogP contribution in [0.15, 0.2) is 18.2 Å². The minimum absolute atomic E-state index is 0.0691. The minimum Gasteiger partial charge on any atom is -0.455 e. The SMILES string of the molecule is Cc1c(NC(=O)COC(=O)C2CCC(C(C)(C)C)CC2)cccc1[N+](=O)[O-]. The molecule has 1 fully saturated rings. The highest BCUT2D eigenvalue weighted by Gasteiger charge is 2.33. The Hall–Kier alpha value is -2.44. The average Bonchev–Trinajstić information content (AvgIpc) is 2.60. The number of nitro groups is 1. The molecule has 0 aromatic heterocycles. The van der Waals surface area contributed by atoms with Gasteiger partial charge in [-0.05, 0) is 50.0 Å². The predicted molar refractivity (Wildman–Crippen MR) is 102 cm³/mol. The first kappa shape index (κ1) is 20.9. The van der Waals surface area contributed by atoms with E-state index in [1.807, 2.05) is 0 Å². The molecule has 0 spiro atoms. The van der Waals surface area contributed by atoms with Gasteiger partial charge in [0.05, 0.1) is 22.1 Å². The van der Waals surface area contributed by atoms with E-state index in [1.54, 1.807) is 13.0 Å². The zero-order valence-corrected chi connectivity index (χ0v) is 16.4. The van der Waals surface area contributed by atoms with E-state index in [1.165, 1.54) is 12.1 Å². The molecule has 0 unspecified atom stereocenters. The first-order chi connectivity index (χ1) is 12.6. The summed E-state index contributed by atoms with van der Waals surface area (Å²) in [5, 5.41) is 13.5. The Morgan fingerprint density at radius 1 is 1.22 bits per heavy atom. The summed E-state index contributed by atoms with van der Waals surface area (Å²) >= 11 is 0. The lowest BCUT2D eigenvalue weighted by atomic mass is 9.70. The molecule has 27 heavy (non-hydrogen) atoms. The number of rotatable bonds is 5. The van der Waals surface area contributed by atoms with E-state index in [2.05, 4.69) is 26.1 Å². The molecule has 0 bridgehead atoms. The van der Waals surface area contributed by atoms with Crippen LogP contribution in [0, 0.1) is 34.3 Å². The number of nitrogens with zero attached hydrogens (tertiary/aromatic N) is 1. The zero-order valence-electron chi connectivity index (χ0n) is 16.4. The van der Waals surface area contributed by atoms with E-state index in [0.717, 1.165) is 25.7 Å². The van der Waals surface area contributed by atoms with E-state index < -0.39 is 10.8 Å². The fourth-order valence-electron chi connectivity index (χ4n) is 3.59. The van der Waals surface area contributed by atoms with Gasteiger partial charge >= 0.3 is 5.97 Å². The van der Waals surface area contributed by atoms with Crippen LogP contribution in [0.4, 0.5) is 11.4 Å². The molecule has 1 saturated carbocycles. The normalized spacial score (nSPS) is 20.0. The first-order valence-electron chi connectivity index (χ1n) is 9.30. The smallest absolute Gasteiger partial charge is 0.309 e. The maximum Gasteiger partial charge on any atom is 0.309 e. The Balaban J connectivity index is 1.83. The first-order valence-corrected chi connectivity index (χ1v) is 9.30. The van der Waals surface area contributed by atoms with E-state index in [-0.39, 0.29) is 29.6 Å². The number of anilines is 1. The van der Waals surface area contributed by atoms with Crippen molar-refractivity contribution in [3.05, 3.63) is 33.9 Å². The summed E-state index contributed by atoms with van der Waals surface area (Å²) in [5.74, 6) is -0.402. The molecule has 0 heterocycles. The largest absolute Gasteiger partial charge is 0.455 e. The van der Waals surface area contributed by atoms with Crippen LogP contribution in [-0.4, -0.2) is 23.4 Å². The van der Waals surface area contributed by atoms with Crippen molar-refractivity contribution in [3.63, 3.8) is 0 Å². The number of hydrogen-bond acceptors (Lipinski definition) is 5.